The van der Waals surface area contributed by atoms with E-state index < -0.39 is 47.0 Å². The molecule has 0 bridgehead atoms. The summed E-state index contributed by atoms with van der Waals surface area (Å²) >= 11 is 1.50. The molecule has 4 N–H and O–H groups in total. The molecule has 14 heteroatoms. The fraction of sp³-hybridized carbons (Fsp3) is 0.472. The van der Waals surface area contributed by atoms with Crippen LogP contribution in [0.4, 0.5) is 15.8 Å². The molecule has 4 amide bonds. The number of hydrogen-bond acceptors (Lipinski definition) is 9. The van der Waals surface area contributed by atoms with Gasteiger partial charge in [0.25, 0.3) is 5.91 Å². The van der Waals surface area contributed by atoms with E-state index in [9.17, 15) is 28.7 Å². The summed E-state index contributed by atoms with van der Waals surface area (Å²) in [4.78, 5) is 57.8. The maximum absolute atomic E-state index is 14.5. The maximum atomic E-state index is 14.5. The van der Waals surface area contributed by atoms with Gasteiger partial charge in [0.1, 0.15) is 12.1 Å². The second-order valence-corrected chi connectivity index (χ2v) is 14.9. The molecule has 0 radical (unpaired) electrons. The summed E-state index contributed by atoms with van der Waals surface area (Å²) in [5, 5.41) is 27.8. The third-order valence-corrected chi connectivity index (χ3v) is 9.87. The summed E-state index contributed by atoms with van der Waals surface area (Å²) < 4.78 is 14.5. The monoisotopic (exact) mass is 705 g/mol. The Morgan fingerprint density at radius 1 is 1.10 bits per heavy atom. The van der Waals surface area contributed by atoms with Crippen LogP contribution in [0.1, 0.15) is 63.8 Å². The van der Waals surface area contributed by atoms with Gasteiger partial charge in [-0.2, -0.15) is 10.2 Å². The maximum Gasteiger partial charge on any atom is 0.258 e. The van der Waals surface area contributed by atoms with Crippen LogP contribution in [0.25, 0.3) is 10.4 Å². The third-order valence-electron chi connectivity index (χ3n) is 8.89. The second-order valence-electron chi connectivity index (χ2n) is 14.1. The average molecular weight is 706 g/mol. The Morgan fingerprint density at radius 3 is 2.44 bits per heavy atom. The normalized spacial score (nSPS) is 18.9. The summed E-state index contributed by atoms with van der Waals surface area (Å²) in [5.74, 6) is -1.93. The van der Waals surface area contributed by atoms with Crippen molar-refractivity contribution >= 4 is 46.3 Å². The average Bonchev–Trinajstić information content (AvgIpc) is 3.47. The molecular formula is C36H44FN7O5S. The van der Waals surface area contributed by atoms with Gasteiger partial charge in [0.2, 0.25) is 17.7 Å². The highest BCUT2D eigenvalue weighted by Crippen LogP contribution is 2.40. The topological polar surface area (TPSA) is 165 Å². The number of hydrogen-bond donors (Lipinski definition) is 4. The zero-order valence-corrected chi connectivity index (χ0v) is 29.8. The molecule has 266 valence electrons. The first-order chi connectivity index (χ1) is 23.6. The van der Waals surface area contributed by atoms with E-state index in [1.54, 1.807) is 26.3 Å². The molecule has 3 atom stereocenters. The first kappa shape index (κ1) is 36.7. The number of rotatable bonds is 12. The number of halogens is 1. The van der Waals surface area contributed by atoms with Gasteiger partial charge in [-0.3, -0.25) is 19.2 Å². The van der Waals surface area contributed by atoms with E-state index in [1.165, 1.54) is 23.2 Å². The van der Waals surface area contributed by atoms with Crippen molar-refractivity contribution in [3.8, 4) is 10.4 Å². The molecule has 1 aliphatic heterocycles. The number of amides is 4. The smallest absolute Gasteiger partial charge is 0.258 e. The molecule has 3 aromatic rings. The summed E-state index contributed by atoms with van der Waals surface area (Å²) in [6, 6.07) is 11.1. The van der Waals surface area contributed by atoms with Crippen molar-refractivity contribution in [2.75, 3.05) is 13.1 Å². The van der Waals surface area contributed by atoms with E-state index >= 15 is 0 Å². The number of alkyl halides is 1. The largest absolute Gasteiger partial charge is 0.391 e. The molecule has 2 aliphatic rings. The molecule has 1 aromatic heterocycles. The third kappa shape index (κ3) is 8.96. The van der Waals surface area contributed by atoms with Gasteiger partial charge in [0, 0.05) is 33.0 Å². The molecule has 12 nitrogen and oxygen atoms in total. The molecule has 1 saturated heterocycles. The first-order valence-electron chi connectivity index (χ1n) is 16.7. The molecule has 2 aromatic carbocycles. The van der Waals surface area contributed by atoms with E-state index in [2.05, 4.69) is 31.2 Å². The van der Waals surface area contributed by atoms with Crippen molar-refractivity contribution in [1.82, 2.24) is 25.8 Å². The van der Waals surface area contributed by atoms with Crippen LogP contribution in [0, 0.1) is 12.3 Å². The Balaban J connectivity index is 1.32. The summed E-state index contributed by atoms with van der Waals surface area (Å²) in [6.45, 7) is 9.18. The van der Waals surface area contributed by atoms with Crippen molar-refractivity contribution in [1.29, 1.82) is 0 Å². The first-order valence-corrected chi connectivity index (χ1v) is 17.6. The van der Waals surface area contributed by atoms with Gasteiger partial charge in [-0.25, -0.2) is 9.37 Å². The SMILES string of the molecule is CC(=O)NCCc1ccc(/N=N\c2cc(-c3scnc3C)ccc2CNC(=O)[C@@H]2C[C@@H](O)CN2C(=O)[C@@H](NC(=O)C2(F)CC2)C(C)(C)C)cc1. The van der Waals surface area contributed by atoms with Crippen LogP contribution in [0.5, 0.6) is 0 Å². The molecule has 2 heterocycles. The second kappa shape index (κ2) is 15.1. The van der Waals surface area contributed by atoms with Crippen molar-refractivity contribution in [3.05, 3.63) is 64.8 Å². The number of aromatic nitrogens is 1. The minimum Gasteiger partial charge on any atom is -0.391 e. The van der Waals surface area contributed by atoms with Crippen LogP contribution in [0.3, 0.4) is 0 Å². The summed E-state index contributed by atoms with van der Waals surface area (Å²) in [7, 11) is 0. The lowest BCUT2D eigenvalue weighted by Gasteiger charge is -2.35. The van der Waals surface area contributed by atoms with Crippen molar-refractivity contribution in [3.63, 3.8) is 0 Å². The quantitative estimate of drug-likeness (QED) is 0.197. The molecule has 0 unspecified atom stereocenters. The number of azo groups is 1. The van der Waals surface area contributed by atoms with Crippen molar-refractivity contribution in [2.24, 2.45) is 15.6 Å². The van der Waals surface area contributed by atoms with Gasteiger partial charge < -0.3 is 26.0 Å². The van der Waals surface area contributed by atoms with Gasteiger partial charge in [0.15, 0.2) is 5.67 Å². The van der Waals surface area contributed by atoms with Crippen LogP contribution in [-0.2, 0) is 32.1 Å². The minimum absolute atomic E-state index is 0.0202. The Morgan fingerprint density at radius 2 is 1.82 bits per heavy atom. The molecule has 2 fully saturated rings. The lowest BCUT2D eigenvalue weighted by molar-refractivity contribution is -0.145. The number of carbonyl (C=O) groups is 4. The highest BCUT2D eigenvalue weighted by atomic mass is 32.1. The zero-order valence-electron chi connectivity index (χ0n) is 29.0. The standard InChI is InChI=1S/C36H44FN7O5S/c1-21-30(50-20-40-21)24-8-9-25(28(16-24)43-42-26-10-6-23(7-11-26)12-15-38-22(2)45)18-39-32(47)29-17-27(46)19-44(29)33(48)31(35(3,4)5)41-34(49)36(37)13-14-36/h6-11,16,20,27,29,31,46H,12-15,17-19H2,1-5H3,(H,38,45)(H,39,47)(H,41,49)/b43-42-/t27-,29+,31-/m1/s1. The number of β-amino-alcohol motifs (C(OH)–C–C–N with tert-alkyl or cyclic N) is 1. The van der Waals surface area contributed by atoms with Crippen LogP contribution >= 0.6 is 11.3 Å². The summed E-state index contributed by atoms with van der Waals surface area (Å²) in [6.07, 6.45) is -0.0206. The summed E-state index contributed by atoms with van der Waals surface area (Å²) in [5.41, 5.74) is 3.67. The van der Waals surface area contributed by atoms with Gasteiger partial charge in [-0.05, 0) is 66.5 Å². The van der Waals surface area contributed by atoms with Crippen molar-refractivity contribution in [2.45, 2.75) is 90.7 Å². The van der Waals surface area contributed by atoms with Gasteiger partial charge >= 0.3 is 0 Å². The van der Waals surface area contributed by atoms with E-state index in [0.717, 1.165) is 21.7 Å². The van der Waals surface area contributed by atoms with E-state index in [-0.39, 0.29) is 38.3 Å². The number of nitrogens with one attached hydrogen (secondary N) is 3. The zero-order chi connectivity index (χ0) is 36.2. The molecule has 1 aliphatic carbocycles. The van der Waals surface area contributed by atoms with Crippen LogP contribution < -0.4 is 16.0 Å². The molecular weight excluding hydrogens is 662 g/mol. The molecule has 0 spiro atoms. The Kier molecular flexibility index (Phi) is 11.1. The van der Waals surface area contributed by atoms with Crippen LogP contribution in [0.15, 0.2) is 58.2 Å². The lowest BCUT2D eigenvalue weighted by atomic mass is 9.85. The fourth-order valence-electron chi connectivity index (χ4n) is 5.77. The number of aliphatic hydroxyl groups excluding tert-OH is 1. The van der Waals surface area contributed by atoms with Crippen LogP contribution in [0.2, 0.25) is 0 Å². The van der Waals surface area contributed by atoms with Crippen molar-refractivity contribution < 1.29 is 28.7 Å². The van der Waals surface area contributed by atoms with E-state index in [1.807, 2.05) is 49.4 Å². The predicted molar refractivity (Wildman–Crippen MR) is 188 cm³/mol. The number of thiazole rings is 1. The predicted octanol–water partition coefficient (Wildman–Crippen LogP) is 4.82. The number of likely N-dealkylation sites (tertiary alicyclic amines) is 1. The highest BCUT2D eigenvalue weighted by molar-refractivity contribution is 7.13. The fourth-order valence-corrected chi connectivity index (χ4v) is 6.57. The van der Waals surface area contributed by atoms with Gasteiger partial charge in [-0.15, -0.1) is 11.3 Å². The number of aliphatic hydroxyl groups is 1. The van der Waals surface area contributed by atoms with E-state index in [0.29, 0.717) is 29.9 Å². The Labute approximate surface area is 295 Å². The van der Waals surface area contributed by atoms with Crippen LogP contribution in [-0.4, -0.2) is 75.6 Å². The van der Waals surface area contributed by atoms with Gasteiger partial charge in [0.05, 0.1) is 33.6 Å². The Bertz CT molecular complexity index is 1770. The highest BCUT2D eigenvalue weighted by Gasteiger charge is 2.53. The Hall–Kier alpha value is -4.56. The number of nitrogens with zero attached hydrogens (tertiary/aromatic N) is 4. The van der Waals surface area contributed by atoms with Gasteiger partial charge in [-0.1, -0.05) is 45.0 Å². The number of carbonyl (C=O) groups excluding carboxylic acids is 4. The molecule has 50 heavy (non-hydrogen) atoms. The van der Waals surface area contributed by atoms with E-state index in [4.69, 9.17) is 0 Å². The number of benzene rings is 2. The minimum atomic E-state index is -1.97. The number of aryl methyl sites for hydroxylation is 1. The lowest BCUT2D eigenvalue weighted by Crippen LogP contribution is -2.59. The molecule has 5 rings (SSSR count). The molecule has 1 saturated carbocycles.